The summed E-state index contributed by atoms with van der Waals surface area (Å²) in [4.78, 5) is 22.7. The van der Waals surface area contributed by atoms with Crippen LogP contribution in [0.1, 0.15) is 30.6 Å². The predicted molar refractivity (Wildman–Crippen MR) is 121 cm³/mol. The van der Waals surface area contributed by atoms with Gasteiger partial charge >= 0.3 is 0 Å². The summed E-state index contributed by atoms with van der Waals surface area (Å²) in [6.45, 7) is 3.95. The second kappa shape index (κ2) is 8.14. The van der Waals surface area contributed by atoms with Crippen molar-refractivity contribution in [2.75, 3.05) is 20.0 Å². The van der Waals surface area contributed by atoms with Crippen molar-refractivity contribution in [3.8, 4) is 17.2 Å². The molecule has 0 radical (unpaired) electrons. The van der Waals surface area contributed by atoms with E-state index >= 15 is 0 Å². The molecule has 2 aromatic heterocycles. The molecule has 4 aromatic rings. The number of hydrogen-bond donors (Lipinski definition) is 2. The van der Waals surface area contributed by atoms with Gasteiger partial charge in [0.25, 0.3) is 5.91 Å². The molecule has 0 saturated heterocycles. The van der Waals surface area contributed by atoms with E-state index in [4.69, 9.17) is 25.2 Å². The van der Waals surface area contributed by atoms with Crippen LogP contribution < -0.4 is 20.5 Å². The summed E-state index contributed by atoms with van der Waals surface area (Å²) in [5.74, 6) is 1.14. The molecule has 0 aliphatic rings. The highest BCUT2D eigenvalue weighted by Crippen LogP contribution is 2.36. The van der Waals surface area contributed by atoms with Crippen LogP contribution >= 0.6 is 0 Å². The Kier molecular flexibility index (Phi) is 5.37. The number of aromatic nitrogens is 3. The third-order valence-electron chi connectivity index (χ3n) is 5.34. The van der Waals surface area contributed by atoms with Gasteiger partial charge in [0.1, 0.15) is 28.4 Å². The normalized spacial score (nSPS) is 12.1. The number of nitrogens with two attached hydrogens (primary N) is 1. The van der Waals surface area contributed by atoms with Gasteiger partial charge in [-0.1, -0.05) is 19.1 Å². The Morgan fingerprint density at radius 1 is 1.13 bits per heavy atom. The minimum absolute atomic E-state index is 0.00534. The first kappa shape index (κ1) is 20.5. The Morgan fingerprint density at radius 2 is 1.84 bits per heavy atom. The number of carbonyl (C=O) groups is 1. The van der Waals surface area contributed by atoms with Crippen molar-refractivity contribution in [2.24, 2.45) is 0 Å². The van der Waals surface area contributed by atoms with Gasteiger partial charge in [0.2, 0.25) is 0 Å². The van der Waals surface area contributed by atoms with Crippen LogP contribution in [0.5, 0.6) is 11.5 Å². The summed E-state index contributed by atoms with van der Waals surface area (Å²) in [7, 11) is 3.15. The van der Waals surface area contributed by atoms with Crippen molar-refractivity contribution < 1.29 is 14.3 Å². The number of benzene rings is 2. The molecular weight excluding hydrogens is 394 g/mol. The van der Waals surface area contributed by atoms with Crippen LogP contribution in [-0.4, -0.2) is 40.7 Å². The Bertz CT molecular complexity index is 1280. The Labute approximate surface area is 180 Å². The van der Waals surface area contributed by atoms with E-state index in [0.29, 0.717) is 44.9 Å². The number of amides is 1. The Hall–Kier alpha value is -3.81. The highest BCUT2D eigenvalue weighted by atomic mass is 16.5. The fourth-order valence-electron chi connectivity index (χ4n) is 3.50. The maximum absolute atomic E-state index is 13.2. The first-order valence-corrected chi connectivity index (χ1v) is 10.1. The molecule has 8 heteroatoms. The van der Waals surface area contributed by atoms with Crippen molar-refractivity contribution in [3.05, 3.63) is 48.0 Å². The van der Waals surface area contributed by atoms with Gasteiger partial charge in [0.15, 0.2) is 5.65 Å². The third-order valence-corrected chi connectivity index (χ3v) is 5.34. The lowest BCUT2D eigenvalue weighted by Gasteiger charge is -2.14. The third kappa shape index (κ3) is 3.50. The first-order valence-electron chi connectivity index (χ1n) is 10.1. The molecule has 160 valence electrons. The summed E-state index contributed by atoms with van der Waals surface area (Å²) in [5.41, 5.74) is 9.80. The van der Waals surface area contributed by atoms with E-state index in [1.165, 1.54) is 0 Å². The minimum Gasteiger partial charge on any atom is -0.497 e. The van der Waals surface area contributed by atoms with Crippen LogP contribution in [-0.2, 0) is 0 Å². The average Bonchev–Trinajstić information content (AvgIpc) is 3.07. The molecule has 2 aromatic carbocycles. The van der Waals surface area contributed by atoms with E-state index in [1.807, 2.05) is 44.2 Å². The second-order valence-corrected chi connectivity index (χ2v) is 7.30. The standard InChI is InChI=1S/C23H25N5O3/c1-5-13(2)25-23(29)19-20-22(27-16-9-7-6-8-15(16)26-20)28(21(19)24)17-11-10-14(30-3)12-18(17)31-4/h6-13H,5,24H2,1-4H3,(H,25,29). The van der Waals surface area contributed by atoms with Gasteiger partial charge < -0.3 is 20.5 Å². The Balaban J connectivity index is 2.04. The molecule has 4 rings (SSSR count). The molecule has 1 amide bonds. The zero-order chi connectivity index (χ0) is 22.1. The van der Waals surface area contributed by atoms with E-state index in [9.17, 15) is 4.79 Å². The number of para-hydroxylation sites is 2. The summed E-state index contributed by atoms with van der Waals surface area (Å²) in [5, 5.41) is 2.99. The number of hydrogen-bond acceptors (Lipinski definition) is 6. The van der Waals surface area contributed by atoms with E-state index in [-0.39, 0.29) is 17.8 Å². The maximum Gasteiger partial charge on any atom is 0.257 e. The zero-order valence-electron chi connectivity index (χ0n) is 18.0. The van der Waals surface area contributed by atoms with Gasteiger partial charge in [-0.3, -0.25) is 9.36 Å². The Morgan fingerprint density at radius 3 is 2.48 bits per heavy atom. The van der Waals surface area contributed by atoms with Crippen molar-refractivity contribution in [2.45, 2.75) is 26.3 Å². The van der Waals surface area contributed by atoms with Crippen molar-refractivity contribution >= 4 is 33.9 Å². The molecular formula is C23H25N5O3. The van der Waals surface area contributed by atoms with E-state index < -0.39 is 0 Å². The second-order valence-electron chi connectivity index (χ2n) is 7.30. The SMILES string of the molecule is CCC(C)NC(=O)c1c(N)n(-c2ccc(OC)cc2OC)c2nc3ccccc3nc12. The predicted octanol–water partition coefficient (Wildman–Crippen LogP) is 3.70. The van der Waals surface area contributed by atoms with Gasteiger partial charge in [-0.2, -0.15) is 0 Å². The smallest absolute Gasteiger partial charge is 0.257 e. The van der Waals surface area contributed by atoms with Crippen molar-refractivity contribution in [3.63, 3.8) is 0 Å². The fourth-order valence-corrected chi connectivity index (χ4v) is 3.50. The molecule has 0 aliphatic heterocycles. The number of fused-ring (bicyclic) bond motifs is 2. The van der Waals surface area contributed by atoms with Gasteiger partial charge in [0, 0.05) is 12.1 Å². The molecule has 0 bridgehead atoms. The topological polar surface area (TPSA) is 104 Å². The monoisotopic (exact) mass is 419 g/mol. The molecule has 1 unspecified atom stereocenters. The van der Waals surface area contributed by atoms with Crippen molar-refractivity contribution in [1.29, 1.82) is 0 Å². The number of nitrogens with one attached hydrogen (secondary N) is 1. The number of anilines is 1. The van der Waals surface area contributed by atoms with Crippen LogP contribution in [0.25, 0.3) is 27.9 Å². The molecule has 2 heterocycles. The molecule has 0 aliphatic carbocycles. The summed E-state index contributed by atoms with van der Waals surface area (Å²) in [6.07, 6.45) is 0.797. The van der Waals surface area contributed by atoms with E-state index in [0.717, 1.165) is 6.42 Å². The number of ether oxygens (including phenoxy) is 2. The zero-order valence-corrected chi connectivity index (χ0v) is 18.0. The number of rotatable bonds is 6. The molecule has 31 heavy (non-hydrogen) atoms. The highest BCUT2D eigenvalue weighted by Gasteiger charge is 2.26. The molecule has 3 N–H and O–H groups in total. The molecule has 0 spiro atoms. The lowest BCUT2D eigenvalue weighted by molar-refractivity contribution is 0.0941. The summed E-state index contributed by atoms with van der Waals surface area (Å²) >= 11 is 0. The van der Waals surface area contributed by atoms with Crippen LogP contribution in [0.3, 0.4) is 0 Å². The maximum atomic E-state index is 13.2. The van der Waals surface area contributed by atoms with Gasteiger partial charge in [-0.15, -0.1) is 0 Å². The first-order chi connectivity index (χ1) is 15.0. The van der Waals surface area contributed by atoms with Gasteiger partial charge in [-0.05, 0) is 37.6 Å². The molecule has 0 saturated carbocycles. The number of methoxy groups -OCH3 is 2. The van der Waals surface area contributed by atoms with Gasteiger partial charge in [0.05, 0.1) is 30.9 Å². The minimum atomic E-state index is -0.285. The average molecular weight is 419 g/mol. The number of nitrogen functional groups attached to an aromatic ring is 1. The number of nitrogens with zero attached hydrogens (tertiary/aromatic N) is 3. The van der Waals surface area contributed by atoms with Crippen LogP contribution in [0.2, 0.25) is 0 Å². The van der Waals surface area contributed by atoms with Gasteiger partial charge in [-0.25, -0.2) is 9.97 Å². The number of carbonyl (C=O) groups excluding carboxylic acids is 1. The quantitative estimate of drug-likeness (QED) is 0.494. The largest absolute Gasteiger partial charge is 0.497 e. The highest BCUT2D eigenvalue weighted by molar-refractivity contribution is 6.11. The molecule has 1 atom stereocenters. The van der Waals surface area contributed by atoms with Crippen molar-refractivity contribution in [1.82, 2.24) is 19.9 Å². The van der Waals surface area contributed by atoms with Crippen LogP contribution in [0, 0.1) is 0 Å². The van der Waals surface area contributed by atoms with E-state index in [2.05, 4.69) is 5.32 Å². The van der Waals surface area contributed by atoms with Crippen LogP contribution in [0.4, 0.5) is 5.82 Å². The lowest BCUT2D eigenvalue weighted by atomic mass is 10.2. The lowest BCUT2D eigenvalue weighted by Crippen LogP contribution is -2.32. The molecule has 8 nitrogen and oxygen atoms in total. The fraction of sp³-hybridized carbons (Fsp3) is 0.261. The summed E-state index contributed by atoms with van der Waals surface area (Å²) in [6, 6.07) is 12.9. The van der Waals surface area contributed by atoms with E-state index in [1.54, 1.807) is 30.9 Å². The summed E-state index contributed by atoms with van der Waals surface area (Å²) < 4.78 is 12.6. The van der Waals surface area contributed by atoms with Crippen LogP contribution in [0.15, 0.2) is 42.5 Å². The molecule has 0 fully saturated rings.